The molecule has 1 amide bonds. The van der Waals surface area contributed by atoms with Gasteiger partial charge in [-0.2, -0.15) is 0 Å². The van der Waals surface area contributed by atoms with Crippen LogP contribution in [0.1, 0.15) is 33.6 Å². The van der Waals surface area contributed by atoms with Gasteiger partial charge in [-0.05, 0) is 33.6 Å². The van der Waals surface area contributed by atoms with Crippen LogP contribution in [0.2, 0.25) is 0 Å². The Hall–Kier alpha value is -0.840. The molecule has 1 atom stereocenters. The summed E-state index contributed by atoms with van der Waals surface area (Å²) in [6.45, 7) is 5.30. The first-order chi connectivity index (χ1) is 6.85. The van der Waals surface area contributed by atoms with Crippen molar-refractivity contribution in [2.24, 2.45) is 5.73 Å². The summed E-state index contributed by atoms with van der Waals surface area (Å²) >= 11 is 0. The predicted molar refractivity (Wildman–Crippen MR) is 57.4 cm³/mol. The van der Waals surface area contributed by atoms with Gasteiger partial charge in [0.1, 0.15) is 5.60 Å². The molecule has 0 rings (SSSR count). The largest absolute Gasteiger partial charge is 0.444 e. The summed E-state index contributed by atoms with van der Waals surface area (Å²) in [6, 6.07) is -0.215. The third-order valence-electron chi connectivity index (χ3n) is 1.62. The Morgan fingerprint density at radius 2 is 2.13 bits per heavy atom. The second kappa shape index (κ2) is 6.61. The molecule has 15 heavy (non-hydrogen) atoms. The van der Waals surface area contributed by atoms with Crippen LogP contribution in [0.15, 0.2) is 0 Å². The van der Waals surface area contributed by atoms with Crippen LogP contribution in [0.25, 0.3) is 0 Å². The van der Waals surface area contributed by atoms with Crippen LogP contribution in [0, 0.1) is 0 Å². The summed E-state index contributed by atoms with van der Waals surface area (Å²) in [5.41, 5.74) is 5.13. The summed E-state index contributed by atoms with van der Waals surface area (Å²) in [7, 11) is 0. The molecule has 0 heterocycles. The number of alkyl halides is 1. The van der Waals surface area contributed by atoms with Crippen LogP contribution in [0.5, 0.6) is 0 Å². The second-order valence-corrected chi connectivity index (χ2v) is 4.47. The molecule has 0 saturated carbocycles. The number of nitrogens with two attached hydrogens (primary N) is 1. The van der Waals surface area contributed by atoms with Gasteiger partial charge in [-0.25, -0.2) is 4.79 Å². The Morgan fingerprint density at radius 3 is 2.60 bits per heavy atom. The van der Waals surface area contributed by atoms with Gasteiger partial charge in [0, 0.05) is 12.6 Å². The van der Waals surface area contributed by atoms with E-state index in [1.165, 1.54) is 0 Å². The number of amides is 1. The summed E-state index contributed by atoms with van der Waals surface area (Å²) in [6.07, 6.45) is 0.502. The Labute approximate surface area is 90.4 Å². The molecule has 0 spiro atoms. The highest BCUT2D eigenvalue weighted by molar-refractivity contribution is 5.67. The maximum atomic E-state index is 11.8. The number of halogens is 1. The number of carbonyl (C=O) groups excluding carboxylic acids is 1. The van der Waals surface area contributed by atoms with Crippen molar-refractivity contribution in [3.63, 3.8) is 0 Å². The molecule has 0 aromatic rings. The Balaban J connectivity index is 3.62. The average molecular weight is 220 g/mol. The quantitative estimate of drug-likeness (QED) is 0.739. The molecule has 4 nitrogen and oxygen atoms in total. The van der Waals surface area contributed by atoms with Crippen LogP contribution in [0.3, 0.4) is 0 Å². The molecular weight excluding hydrogens is 199 g/mol. The summed E-state index contributed by atoms with van der Waals surface area (Å²) in [5.74, 6) is 0. The summed E-state index contributed by atoms with van der Waals surface area (Å²) in [5, 5.41) is 2.54. The van der Waals surface area contributed by atoms with Gasteiger partial charge < -0.3 is 15.8 Å². The fourth-order valence-corrected chi connectivity index (χ4v) is 0.970. The highest BCUT2D eigenvalue weighted by atomic mass is 19.1. The number of ether oxygens (including phenoxy) is 1. The summed E-state index contributed by atoms with van der Waals surface area (Å²) in [4.78, 5) is 11.2. The standard InChI is InChI=1S/C10H21FN2O2/c1-10(2,3)15-9(14)13-7-8(12)5-4-6-11/h8H,4-7,12H2,1-3H3,(H,13,14). The van der Waals surface area contributed by atoms with Crippen molar-refractivity contribution in [3.8, 4) is 0 Å². The number of hydrogen-bond donors (Lipinski definition) is 2. The topological polar surface area (TPSA) is 64.3 Å². The van der Waals surface area contributed by atoms with Crippen LogP contribution in [-0.4, -0.2) is 31.0 Å². The number of nitrogens with one attached hydrogen (secondary N) is 1. The minimum Gasteiger partial charge on any atom is -0.444 e. The van der Waals surface area contributed by atoms with E-state index < -0.39 is 11.7 Å². The van der Waals surface area contributed by atoms with Crippen LogP contribution in [0.4, 0.5) is 9.18 Å². The highest BCUT2D eigenvalue weighted by Gasteiger charge is 2.16. The van der Waals surface area contributed by atoms with Gasteiger partial charge in [-0.15, -0.1) is 0 Å². The first-order valence-corrected chi connectivity index (χ1v) is 5.13. The first kappa shape index (κ1) is 14.2. The van der Waals surface area contributed by atoms with Crippen molar-refractivity contribution in [3.05, 3.63) is 0 Å². The molecule has 0 aliphatic carbocycles. The monoisotopic (exact) mass is 220 g/mol. The van der Waals surface area contributed by atoms with Gasteiger partial charge in [-0.3, -0.25) is 4.39 Å². The van der Waals surface area contributed by atoms with E-state index in [2.05, 4.69) is 5.32 Å². The molecule has 0 aliphatic heterocycles. The van der Waals surface area contributed by atoms with E-state index in [4.69, 9.17) is 10.5 Å². The van der Waals surface area contributed by atoms with Crippen molar-refractivity contribution in [1.82, 2.24) is 5.32 Å². The van der Waals surface area contributed by atoms with Crippen LogP contribution < -0.4 is 11.1 Å². The smallest absolute Gasteiger partial charge is 0.407 e. The number of alkyl carbamates (subject to hydrolysis) is 1. The number of carbonyl (C=O) groups is 1. The normalized spacial score (nSPS) is 13.4. The zero-order valence-electron chi connectivity index (χ0n) is 9.68. The molecule has 1 unspecified atom stereocenters. The lowest BCUT2D eigenvalue weighted by Gasteiger charge is -2.20. The number of hydrogen-bond acceptors (Lipinski definition) is 3. The first-order valence-electron chi connectivity index (χ1n) is 5.13. The van der Waals surface area contributed by atoms with Gasteiger partial charge >= 0.3 is 6.09 Å². The van der Waals surface area contributed by atoms with Crippen molar-refractivity contribution in [1.29, 1.82) is 0 Å². The molecule has 0 bridgehead atoms. The number of rotatable bonds is 5. The molecule has 0 aromatic heterocycles. The molecule has 0 saturated heterocycles. The minimum absolute atomic E-state index is 0.215. The molecule has 0 fully saturated rings. The van der Waals surface area contributed by atoms with E-state index in [1.807, 2.05) is 0 Å². The zero-order valence-corrected chi connectivity index (χ0v) is 9.68. The molecule has 0 aromatic carbocycles. The summed E-state index contributed by atoms with van der Waals surface area (Å²) < 4.78 is 16.8. The predicted octanol–water partition coefficient (Wildman–Crippen LogP) is 1.59. The van der Waals surface area contributed by atoms with Crippen LogP contribution in [-0.2, 0) is 4.74 Å². The SMILES string of the molecule is CC(C)(C)OC(=O)NCC(N)CCCF. The fourth-order valence-electron chi connectivity index (χ4n) is 0.970. The molecule has 0 aliphatic rings. The van der Waals surface area contributed by atoms with Gasteiger partial charge in [0.15, 0.2) is 0 Å². The van der Waals surface area contributed by atoms with Crippen molar-refractivity contribution < 1.29 is 13.9 Å². The van der Waals surface area contributed by atoms with Gasteiger partial charge in [0.05, 0.1) is 6.67 Å². The molecule has 0 radical (unpaired) electrons. The fraction of sp³-hybridized carbons (Fsp3) is 0.900. The van der Waals surface area contributed by atoms with E-state index in [9.17, 15) is 9.18 Å². The Bertz CT molecular complexity index is 192. The molecular formula is C10H21FN2O2. The van der Waals surface area contributed by atoms with Gasteiger partial charge in [0.25, 0.3) is 0 Å². The lowest BCUT2D eigenvalue weighted by Crippen LogP contribution is -2.40. The molecule has 90 valence electrons. The molecule has 5 heteroatoms. The third-order valence-corrected chi connectivity index (χ3v) is 1.62. The van der Waals surface area contributed by atoms with E-state index >= 15 is 0 Å². The van der Waals surface area contributed by atoms with E-state index in [0.717, 1.165) is 0 Å². The van der Waals surface area contributed by atoms with Gasteiger partial charge in [-0.1, -0.05) is 0 Å². The highest BCUT2D eigenvalue weighted by Crippen LogP contribution is 2.06. The molecule has 3 N–H and O–H groups in total. The third kappa shape index (κ3) is 9.46. The van der Waals surface area contributed by atoms with E-state index in [0.29, 0.717) is 19.4 Å². The van der Waals surface area contributed by atoms with E-state index in [-0.39, 0.29) is 12.7 Å². The lowest BCUT2D eigenvalue weighted by atomic mass is 10.2. The van der Waals surface area contributed by atoms with E-state index in [1.54, 1.807) is 20.8 Å². The average Bonchev–Trinajstić information content (AvgIpc) is 2.08. The minimum atomic E-state index is -0.507. The van der Waals surface area contributed by atoms with Crippen molar-refractivity contribution in [2.45, 2.75) is 45.3 Å². The maximum Gasteiger partial charge on any atom is 0.407 e. The van der Waals surface area contributed by atoms with Crippen molar-refractivity contribution >= 4 is 6.09 Å². The van der Waals surface area contributed by atoms with Gasteiger partial charge in [0.2, 0.25) is 0 Å². The Kier molecular flexibility index (Phi) is 6.24. The lowest BCUT2D eigenvalue weighted by molar-refractivity contribution is 0.0524. The van der Waals surface area contributed by atoms with Crippen LogP contribution >= 0.6 is 0 Å². The second-order valence-electron chi connectivity index (χ2n) is 4.47. The zero-order chi connectivity index (χ0) is 11.9. The Morgan fingerprint density at radius 1 is 1.53 bits per heavy atom. The maximum absolute atomic E-state index is 11.8. The van der Waals surface area contributed by atoms with Crippen molar-refractivity contribution in [2.75, 3.05) is 13.2 Å².